The van der Waals surface area contributed by atoms with E-state index in [2.05, 4.69) is 10.6 Å². The molecule has 24 heavy (non-hydrogen) atoms. The van der Waals surface area contributed by atoms with Crippen LogP contribution in [0, 0.1) is 5.92 Å². The molecule has 1 aromatic carbocycles. The number of nitrogens with one attached hydrogen (secondary N) is 2. The van der Waals surface area contributed by atoms with Gasteiger partial charge in [0.2, 0.25) is 0 Å². The third-order valence-electron chi connectivity index (χ3n) is 4.82. The largest absolute Gasteiger partial charge is 0.416 e. The minimum Gasteiger partial charge on any atom is -0.388 e. The van der Waals surface area contributed by atoms with Crippen LogP contribution in [0.2, 0.25) is 0 Å². The van der Waals surface area contributed by atoms with Crippen LogP contribution in [0.15, 0.2) is 24.3 Å². The first-order valence-corrected chi connectivity index (χ1v) is 8.21. The van der Waals surface area contributed by atoms with Crippen LogP contribution in [0.5, 0.6) is 0 Å². The Hall–Kier alpha value is -1.76. The molecule has 132 valence electrons. The fourth-order valence-electron chi connectivity index (χ4n) is 3.01. The van der Waals surface area contributed by atoms with Crippen molar-refractivity contribution in [1.82, 2.24) is 10.6 Å². The topological polar surface area (TPSA) is 61.4 Å². The van der Waals surface area contributed by atoms with E-state index >= 15 is 0 Å². The highest BCUT2D eigenvalue weighted by molar-refractivity contribution is 5.74. The molecule has 2 aliphatic rings. The molecule has 0 saturated heterocycles. The fourth-order valence-corrected chi connectivity index (χ4v) is 3.01. The molecule has 2 saturated carbocycles. The summed E-state index contributed by atoms with van der Waals surface area (Å²) >= 11 is 0. The van der Waals surface area contributed by atoms with Crippen molar-refractivity contribution in [3.63, 3.8) is 0 Å². The van der Waals surface area contributed by atoms with Gasteiger partial charge in [0, 0.05) is 6.54 Å². The van der Waals surface area contributed by atoms with Gasteiger partial charge in [-0.15, -0.1) is 0 Å². The highest BCUT2D eigenvalue weighted by atomic mass is 19.4. The highest BCUT2D eigenvalue weighted by Crippen LogP contribution is 2.42. The van der Waals surface area contributed by atoms with E-state index in [1.165, 1.54) is 6.07 Å². The molecule has 0 bridgehead atoms. The summed E-state index contributed by atoms with van der Waals surface area (Å²) in [5.41, 5.74) is -1.08. The summed E-state index contributed by atoms with van der Waals surface area (Å²) in [6, 6.07) is 4.21. The first kappa shape index (κ1) is 17.1. The number of carbonyl (C=O) groups is 1. The van der Waals surface area contributed by atoms with E-state index < -0.39 is 29.4 Å². The second-order valence-corrected chi connectivity index (χ2v) is 6.84. The zero-order chi connectivity index (χ0) is 17.4. The van der Waals surface area contributed by atoms with Gasteiger partial charge in [-0.25, -0.2) is 4.79 Å². The Balaban J connectivity index is 1.65. The summed E-state index contributed by atoms with van der Waals surface area (Å²) in [5, 5.41) is 15.4. The van der Waals surface area contributed by atoms with Crippen molar-refractivity contribution in [2.24, 2.45) is 5.92 Å². The van der Waals surface area contributed by atoms with Crippen LogP contribution in [-0.2, 0) is 6.18 Å². The van der Waals surface area contributed by atoms with E-state index in [-0.39, 0.29) is 12.5 Å². The van der Waals surface area contributed by atoms with Crippen LogP contribution in [0.3, 0.4) is 0 Å². The normalized spacial score (nSPS) is 20.8. The zero-order valence-corrected chi connectivity index (χ0v) is 13.2. The van der Waals surface area contributed by atoms with Crippen LogP contribution < -0.4 is 10.6 Å². The molecular formula is C17H21F3N2O2. The first-order valence-electron chi connectivity index (χ1n) is 8.21. The molecule has 7 heteroatoms. The van der Waals surface area contributed by atoms with Gasteiger partial charge in [0.1, 0.15) is 0 Å². The zero-order valence-electron chi connectivity index (χ0n) is 13.2. The first-order chi connectivity index (χ1) is 11.3. The summed E-state index contributed by atoms with van der Waals surface area (Å²) in [6.45, 7) is 0.165. The Bertz CT molecular complexity index is 610. The summed E-state index contributed by atoms with van der Waals surface area (Å²) in [6.07, 6.45) is -0.384. The van der Waals surface area contributed by atoms with E-state index in [0.717, 1.165) is 31.4 Å². The highest BCUT2D eigenvalue weighted by Gasteiger charge is 2.37. The van der Waals surface area contributed by atoms with Crippen molar-refractivity contribution in [3.8, 4) is 0 Å². The molecule has 0 aliphatic heterocycles. The van der Waals surface area contributed by atoms with E-state index in [1.807, 2.05) is 0 Å². The lowest BCUT2D eigenvalue weighted by Gasteiger charge is -2.36. The summed E-state index contributed by atoms with van der Waals surface area (Å²) in [7, 11) is 0. The maximum atomic E-state index is 12.9. The molecule has 0 aromatic heterocycles. The van der Waals surface area contributed by atoms with Crippen LogP contribution in [0.25, 0.3) is 0 Å². The molecule has 4 nitrogen and oxygen atoms in total. The second kappa shape index (κ2) is 6.27. The lowest BCUT2D eigenvalue weighted by molar-refractivity contribution is -0.137. The number of hydrogen-bond donors (Lipinski definition) is 3. The Kier molecular flexibility index (Phi) is 4.46. The maximum absolute atomic E-state index is 12.9. The number of rotatable bonds is 5. The minimum atomic E-state index is -4.40. The van der Waals surface area contributed by atoms with Crippen LogP contribution in [0.4, 0.5) is 18.0 Å². The Morgan fingerprint density at radius 3 is 2.58 bits per heavy atom. The third-order valence-corrected chi connectivity index (χ3v) is 4.82. The number of carbonyl (C=O) groups excluding carboxylic acids is 1. The number of amides is 2. The molecule has 3 rings (SSSR count). The number of alkyl halides is 3. The number of halogens is 3. The Labute approximate surface area is 138 Å². The Morgan fingerprint density at radius 2 is 2.04 bits per heavy atom. The van der Waals surface area contributed by atoms with E-state index in [9.17, 15) is 23.1 Å². The van der Waals surface area contributed by atoms with E-state index in [4.69, 9.17) is 0 Å². The third kappa shape index (κ3) is 4.01. The van der Waals surface area contributed by atoms with E-state index in [1.54, 1.807) is 6.07 Å². The van der Waals surface area contributed by atoms with Crippen molar-refractivity contribution in [3.05, 3.63) is 35.4 Å². The fraction of sp³-hybridized carbons (Fsp3) is 0.588. The summed E-state index contributed by atoms with van der Waals surface area (Å²) in [4.78, 5) is 12.1. The molecule has 0 radical (unpaired) electrons. The molecular weight excluding hydrogens is 321 g/mol. The van der Waals surface area contributed by atoms with Gasteiger partial charge in [0.15, 0.2) is 0 Å². The van der Waals surface area contributed by atoms with Gasteiger partial charge in [-0.2, -0.15) is 13.2 Å². The Morgan fingerprint density at radius 1 is 1.33 bits per heavy atom. The molecule has 1 unspecified atom stereocenters. The van der Waals surface area contributed by atoms with Gasteiger partial charge in [-0.1, -0.05) is 12.1 Å². The van der Waals surface area contributed by atoms with Gasteiger partial charge in [-0.05, 0) is 55.7 Å². The lowest BCUT2D eigenvalue weighted by atomic mass is 9.80. The van der Waals surface area contributed by atoms with Crippen molar-refractivity contribution in [2.45, 2.75) is 49.9 Å². The molecule has 0 heterocycles. The predicted molar refractivity (Wildman–Crippen MR) is 82.2 cm³/mol. The average molecular weight is 342 g/mol. The number of benzene rings is 1. The molecule has 2 fully saturated rings. The van der Waals surface area contributed by atoms with Crippen LogP contribution in [-0.4, -0.2) is 23.3 Å². The number of hydrogen-bond acceptors (Lipinski definition) is 2. The molecule has 2 amide bonds. The SMILES string of the molecule is O=C(NCC1(O)CCC1)NC(c1cccc(C(F)(F)F)c1)C1CC1. The van der Waals surface area contributed by atoms with Gasteiger partial charge in [0.05, 0.1) is 17.2 Å². The van der Waals surface area contributed by atoms with Gasteiger partial charge in [-0.3, -0.25) is 0 Å². The second-order valence-electron chi connectivity index (χ2n) is 6.84. The van der Waals surface area contributed by atoms with Crippen molar-refractivity contribution in [1.29, 1.82) is 0 Å². The summed E-state index contributed by atoms with van der Waals surface area (Å²) < 4.78 is 38.6. The van der Waals surface area contributed by atoms with Gasteiger partial charge < -0.3 is 15.7 Å². The van der Waals surface area contributed by atoms with Crippen LogP contribution >= 0.6 is 0 Å². The average Bonchev–Trinajstić information content (AvgIpc) is 3.32. The van der Waals surface area contributed by atoms with Crippen LogP contribution in [0.1, 0.15) is 49.3 Å². The van der Waals surface area contributed by atoms with Gasteiger partial charge in [0.25, 0.3) is 0 Å². The summed E-state index contributed by atoms with van der Waals surface area (Å²) in [5.74, 6) is 0.158. The monoisotopic (exact) mass is 342 g/mol. The molecule has 3 N–H and O–H groups in total. The smallest absolute Gasteiger partial charge is 0.388 e. The minimum absolute atomic E-state index is 0.158. The number of urea groups is 1. The molecule has 1 atom stereocenters. The molecule has 0 spiro atoms. The number of aliphatic hydroxyl groups is 1. The van der Waals surface area contributed by atoms with Crippen molar-refractivity contribution < 1.29 is 23.1 Å². The lowest BCUT2D eigenvalue weighted by Crippen LogP contribution is -2.50. The van der Waals surface area contributed by atoms with E-state index in [0.29, 0.717) is 18.4 Å². The van der Waals surface area contributed by atoms with Crippen molar-refractivity contribution in [2.75, 3.05) is 6.54 Å². The predicted octanol–water partition coefficient (Wildman–Crippen LogP) is 3.37. The molecule has 1 aromatic rings. The maximum Gasteiger partial charge on any atom is 0.416 e. The van der Waals surface area contributed by atoms with Crippen molar-refractivity contribution >= 4 is 6.03 Å². The quantitative estimate of drug-likeness (QED) is 0.768. The molecule has 2 aliphatic carbocycles. The standard InChI is InChI=1S/C17H21F3N2O2/c18-17(19,20)13-4-1-3-12(9-13)14(11-5-6-11)22-15(23)21-10-16(24)7-2-8-16/h1,3-4,9,11,14,24H,2,5-8,10H2,(H2,21,22,23). The van der Waals surface area contributed by atoms with Gasteiger partial charge >= 0.3 is 12.2 Å².